The first-order chi connectivity index (χ1) is 6.24. The normalized spacial score (nSPS) is 12.0. The van der Waals surface area contributed by atoms with Crippen LogP contribution >= 0.6 is 0 Å². The van der Waals surface area contributed by atoms with Crippen LogP contribution in [0.15, 0.2) is 0 Å². The van der Waals surface area contributed by atoms with Gasteiger partial charge in [-0.25, -0.2) is 0 Å². The van der Waals surface area contributed by atoms with E-state index in [1.54, 1.807) is 0 Å². The zero-order chi connectivity index (χ0) is 10.2. The molecular weight excluding hydrogens is 160 g/mol. The first kappa shape index (κ1) is 13.0. The molecular formula is C12H26O. The van der Waals surface area contributed by atoms with Crippen LogP contribution in [0.3, 0.4) is 0 Å². The number of hydrogen-bond acceptors (Lipinski definition) is 1. The molecule has 0 spiro atoms. The smallest absolute Gasteiger partial charge is 0.0522 e. The van der Waals surface area contributed by atoms with Crippen molar-refractivity contribution in [1.82, 2.24) is 0 Å². The first-order valence-corrected chi connectivity index (χ1v) is 5.82. The van der Waals surface area contributed by atoms with Gasteiger partial charge in [-0.05, 0) is 31.1 Å². The highest BCUT2D eigenvalue weighted by molar-refractivity contribution is 4.74. The van der Waals surface area contributed by atoms with E-state index in [0.29, 0.717) is 5.41 Å². The summed E-state index contributed by atoms with van der Waals surface area (Å²) >= 11 is 0. The molecule has 80 valence electrons. The lowest BCUT2D eigenvalue weighted by Gasteiger charge is -2.30. The van der Waals surface area contributed by atoms with Crippen molar-refractivity contribution in [2.45, 2.75) is 59.8 Å². The number of hydrogen-bond donors (Lipinski definition) is 0. The van der Waals surface area contributed by atoms with Gasteiger partial charge in [0.15, 0.2) is 0 Å². The molecule has 0 aromatic carbocycles. The summed E-state index contributed by atoms with van der Waals surface area (Å²) in [4.78, 5) is 0. The molecule has 0 amide bonds. The summed E-state index contributed by atoms with van der Waals surface area (Å²) in [5.41, 5.74) is 0.452. The lowest BCUT2D eigenvalue weighted by atomic mass is 9.81. The number of rotatable bonds is 8. The van der Waals surface area contributed by atoms with Crippen molar-refractivity contribution in [2.75, 3.05) is 13.2 Å². The van der Waals surface area contributed by atoms with Crippen LogP contribution < -0.4 is 0 Å². The highest BCUT2D eigenvalue weighted by atomic mass is 16.5. The molecule has 0 atom stereocenters. The average Bonchev–Trinajstić information content (AvgIpc) is 2.20. The first-order valence-electron chi connectivity index (χ1n) is 5.82. The van der Waals surface area contributed by atoms with Crippen molar-refractivity contribution in [1.29, 1.82) is 0 Å². The van der Waals surface area contributed by atoms with E-state index in [4.69, 9.17) is 4.74 Å². The van der Waals surface area contributed by atoms with E-state index in [1.807, 2.05) is 0 Å². The molecule has 0 aromatic rings. The third-order valence-corrected chi connectivity index (χ3v) is 3.30. The van der Waals surface area contributed by atoms with Crippen LogP contribution in [0.1, 0.15) is 59.8 Å². The van der Waals surface area contributed by atoms with E-state index < -0.39 is 0 Å². The Labute approximate surface area is 83.9 Å². The van der Waals surface area contributed by atoms with Gasteiger partial charge in [0.05, 0.1) is 6.61 Å². The second-order valence-corrected chi connectivity index (χ2v) is 3.97. The molecule has 0 saturated carbocycles. The van der Waals surface area contributed by atoms with Gasteiger partial charge in [-0.1, -0.05) is 34.1 Å². The summed E-state index contributed by atoms with van der Waals surface area (Å²) < 4.78 is 5.71. The Bertz CT molecular complexity index is 97.4. The molecule has 0 rings (SSSR count). The van der Waals surface area contributed by atoms with Crippen molar-refractivity contribution < 1.29 is 4.74 Å². The molecule has 0 aliphatic rings. The third kappa shape index (κ3) is 4.66. The second kappa shape index (κ2) is 7.37. The molecule has 0 fully saturated rings. The Morgan fingerprint density at radius 1 is 0.923 bits per heavy atom. The quantitative estimate of drug-likeness (QED) is 0.520. The van der Waals surface area contributed by atoms with Crippen LogP contribution in [0, 0.1) is 5.41 Å². The maximum atomic E-state index is 5.71. The predicted octanol–water partition coefficient (Wildman–Crippen LogP) is 4.02. The van der Waals surface area contributed by atoms with Gasteiger partial charge < -0.3 is 4.74 Å². The minimum Gasteiger partial charge on any atom is -0.381 e. The fraction of sp³-hybridized carbons (Fsp3) is 1.00. The summed E-state index contributed by atoms with van der Waals surface area (Å²) in [5, 5.41) is 0. The zero-order valence-electron chi connectivity index (χ0n) is 9.86. The zero-order valence-corrected chi connectivity index (χ0v) is 9.86. The molecule has 0 aromatic heterocycles. The highest BCUT2D eigenvalue weighted by Crippen LogP contribution is 2.30. The van der Waals surface area contributed by atoms with Gasteiger partial charge in [-0.3, -0.25) is 0 Å². The Hall–Kier alpha value is -0.0400. The third-order valence-electron chi connectivity index (χ3n) is 3.30. The lowest BCUT2D eigenvalue weighted by Crippen LogP contribution is -2.24. The van der Waals surface area contributed by atoms with Crippen molar-refractivity contribution in [3.8, 4) is 0 Å². The van der Waals surface area contributed by atoms with Crippen LogP contribution in [-0.4, -0.2) is 13.2 Å². The van der Waals surface area contributed by atoms with Gasteiger partial charge in [0, 0.05) is 6.61 Å². The van der Waals surface area contributed by atoms with E-state index in [0.717, 1.165) is 13.2 Å². The molecule has 0 aliphatic heterocycles. The minimum absolute atomic E-state index is 0.452. The molecule has 1 heteroatoms. The molecule has 0 saturated heterocycles. The monoisotopic (exact) mass is 186 g/mol. The topological polar surface area (TPSA) is 9.23 Å². The molecule has 0 unspecified atom stereocenters. The molecule has 0 aliphatic carbocycles. The van der Waals surface area contributed by atoms with Gasteiger partial charge in [0.1, 0.15) is 0 Å². The van der Waals surface area contributed by atoms with Crippen molar-refractivity contribution in [3.05, 3.63) is 0 Å². The van der Waals surface area contributed by atoms with Gasteiger partial charge >= 0.3 is 0 Å². The molecule has 0 N–H and O–H groups in total. The molecule has 0 heterocycles. The standard InChI is InChI=1S/C12H26O/c1-5-9-10-13-11-12(6-2,7-3)8-4/h5-11H2,1-4H3. The van der Waals surface area contributed by atoms with Crippen LogP contribution in [0.2, 0.25) is 0 Å². The van der Waals surface area contributed by atoms with Crippen LogP contribution in [0.5, 0.6) is 0 Å². The van der Waals surface area contributed by atoms with E-state index in [1.165, 1.54) is 32.1 Å². The fourth-order valence-corrected chi connectivity index (χ4v) is 1.59. The second-order valence-electron chi connectivity index (χ2n) is 3.97. The Morgan fingerprint density at radius 2 is 1.46 bits per heavy atom. The fourth-order valence-electron chi connectivity index (χ4n) is 1.59. The highest BCUT2D eigenvalue weighted by Gasteiger charge is 2.23. The van der Waals surface area contributed by atoms with Crippen molar-refractivity contribution >= 4 is 0 Å². The summed E-state index contributed by atoms with van der Waals surface area (Å²) in [6.45, 7) is 10.9. The maximum absolute atomic E-state index is 5.71. The molecule has 0 bridgehead atoms. The number of unbranched alkanes of at least 4 members (excludes halogenated alkanes) is 1. The lowest BCUT2D eigenvalue weighted by molar-refractivity contribution is 0.0339. The Balaban J connectivity index is 3.68. The summed E-state index contributed by atoms with van der Waals surface area (Å²) in [6, 6.07) is 0. The Kier molecular flexibility index (Phi) is 7.35. The van der Waals surface area contributed by atoms with E-state index in [2.05, 4.69) is 27.7 Å². The van der Waals surface area contributed by atoms with Crippen LogP contribution in [-0.2, 0) is 4.74 Å². The molecule has 1 nitrogen and oxygen atoms in total. The van der Waals surface area contributed by atoms with E-state index in [9.17, 15) is 0 Å². The Morgan fingerprint density at radius 3 is 1.85 bits per heavy atom. The van der Waals surface area contributed by atoms with Gasteiger partial charge in [0.25, 0.3) is 0 Å². The van der Waals surface area contributed by atoms with Crippen molar-refractivity contribution in [2.24, 2.45) is 5.41 Å². The largest absolute Gasteiger partial charge is 0.381 e. The maximum Gasteiger partial charge on any atom is 0.0522 e. The summed E-state index contributed by atoms with van der Waals surface area (Å²) in [7, 11) is 0. The number of ether oxygens (including phenoxy) is 1. The summed E-state index contributed by atoms with van der Waals surface area (Å²) in [5.74, 6) is 0. The van der Waals surface area contributed by atoms with E-state index in [-0.39, 0.29) is 0 Å². The van der Waals surface area contributed by atoms with Gasteiger partial charge in [0.2, 0.25) is 0 Å². The average molecular weight is 186 g/mol. The SMILES string of the molecule is CCCCOCC(CC)(CC)CC. The van der Waals surface area contributed by atoms with Gasteiger partial charge in [-0.2, -0.15) is 0 Å². The summed E-state index contributed by atoms with van der Waals surface area (Å²) in [6.07, 6.45) is 6.16. The molecule has 0 radical (unpaired) electrons. The van der Waals surface area contributed by atoms with E-state index >= 15 is 0 Å². The van der Waals surface area contributed by atoms with Gasteiger partial charge in [-0.15, -0.1) is 0 Å². The predicted molar refractivity (Wildman–Crippen MR) is 59.0 cm³/mol. The van der Waals surface area contributed by atoms with Crippen LogP contribution in [0.4, 0.5) is 0 Å². The molecule has 13 heavy (non-hydrogen) atoms. The van der Waals surface area contributed by atoms with Crippen molar-refractivity contribution in [3.63, 3.8) is 0 Å². The minimum atomic E-state index is 0.452. The van der Waals surface area contributed by atoms with Crippen LogP contribution in [0.25, 0.3) is 0 Å².